The van der Waals surface area contributed by atoms with Crippen LogP contribution in [0.15, 0.2) is 42.5 Å². The van der Waals surface area contributed by atoms with Crippen molar-refractivity contribution >= 4 is 5.97 Å². The number of fused-ring (bicyclic) bond motifs is 4. The molecule has 4 atom stereocenters. The van der Waals surface area contributed by atoms with Gasteiger partial charge in [0.25, 0.3) is 0 Å². The maximum atomic E-state index is 10.9. The Kier molecular flexibility index (Phi) is 5.70. The van der Waals surface area contributed by atoms with Gasteiger partial charge in [0, 0.05) is 36.7 Å². The lowest BCUT2D eigenvalue weighted by Gasteiger charge is -2.53. The maximum absolute atomic E-state index is 10.9. The summed E-state index contributed by atoms with van der Waals surface area (Å²) in [5.41, 5.74) is 1.50. The van der Waals surface area contributed by atoms with Gasteiger partial charge in [0.1, 0.15) is 11.4 Å². The highest BCUT2D eigenvalue weighted by molar-refractivity contribution is 5.68. The lowest BCUT2D eigenvalue weighted by Crippen LogP contribution is -2.55. The molecule has 0 amide bonds. The minimum atomic E-state index is -0.980. The minimum absolute atomic E-state index is 0.0752. The number of phenolic OH excluding ortho intramolecular Hbond substituents is 1. The molecular weight excluding hydrogens is 422 g/mol. The van der Waals surface area contributed by atoms with E-state index in [-0.39, 0.29) is 30.5 Å². The van der Waals surface area contributed by atoms with E-state index < -0.39 is 11.6 Å². The number of piperidine rings is 1. The Bertz CT molecular complexity index is 1040. The third-order valence-electron chi connectivity index (χ3n) is 7.30. The number of rotatable bonds is 5. The predicted molar refractivity (Wildman–Crippen MR) is 121 cm³/mol. The Labute approximate surface area is 193 Å². The second-order valence-electron chi connectivity index (χ2n) is 9.91. The molecular formula is C26H31NO6. The average Bonchev–Trinajstić information content (AvgIpc) is 2.78. The molecule has 176 valence electrons. The van der Waals surface area contributed by atoms with E-state index in [4.69, 9.17) is 19.3 Å². The van der Waals surface area contributed by atoms with E-state index in [1.807, 2.05) is 36.4 Å². The van der Waals surface area contributed by atoms with Gasteiger partial charge in [-0.3, -0.25) is 4.90 Å². The van der Waals surface area contributed by atoms with Gasteiger partial charge in [0.2, 0.25) is 0 Å². The van der Waals surface area contributed by atoms with E-state index in [2.05, 4.69) is 18.7 Å². The van der Waals surface area contributed by atoms with Crippen LogP contribution in [0.5, 0.6) is 17.2 Å². The van der Waals surface area contributed by atoms with Gasteiger partial charge in [-0.1, -0.05) is 30.3 Å². The fourth-order valence-electron chi connectivity index (χ4n) is 5.68. The topological polar surface area (TPSA) is 88.5 Å². The second-order valence-corrected chi connectivity index (χ2v) is 9.91. The number of phenols is 1. The normalized spacial score (nSPS) is 28.1. The molecule has 7 nitrogen and oxygen atoms in total. The number of likely N-dealkylation sites (tertiary alicyclic amines) is 1. The monoisotopic (exact) mass is 453 g/mol. The number of carboxylic acids is 1. The number of carboxylic acid groups (broad SMARTS) is 1. The zero-order valence-electron chi connectivity index (χ0n) is 19.1. The lowest BCUT2D eigenvalue weighted by molar-refractivity contribution is -0.188. The molecule has 3 heterocycles. The van der Waals surface area contributed by atoms with Gasteiger partial charge in [0.15, 0.2) is 18.1 Å². The number of para-hydroxylation sites is 2. The van der Waals surface area contributed by atoms with Crippen molar-refractivity contribution in [2.45, 2.75) is 51.0 Å². The first kappa shape index (κ1) is 22.0. The highest BCUT2D eigenvalue weighted by Crippen LogP contribution is 2.54. The summed E-state index contributed by atoms with van der Waals surface area (Å²) >= 11 is 0. The molecule has 0 unspecified atom stereocenters. The molecule has 0 aliphatic carbocycles. The smallest absolute Gasteiger partial charge is 0.341 e. The first-order chi connectivity index (χ1) is 15.8. The molecule has 5 rings (SSSR count). The summed E-state index contributed by atoms with van der Waals surface area (Å²) in [6.45, 7) is 6.35. The molecule has 2 aromatic rings. The molecule has 7 heteroatoms. The SMILES string of the molecule is CC1(C)Oc2c(O)cccc2[C@H]2O[C@H]3CCN(Cc4ccccc4OCC(=O)O)C[C@H]3C[C@@H]21. The first-order valence-electron chi connectivity index (χ1n) is 11.6. The zero-order chi connectivity index (χ0) is 23.2. The molecule has 2 saturated heterocycles. The van der Waals surface area contributed by atoms with Crippen LogP contribution < -0.4 is 9.47 Å². The van der Waals surface area contributed by atoms with Crippen molar-refractivity contribution in [2.75, 3.05) is 19.7 Å². The number of ether oxygens (including phenoxy) is 3. The number of benzene rings is 2. The summed E-state index contributed by atoms with van der Waals surface area (Å²) in [6.07, 6.45) is 2.02. The van der Waals surface area contributed by atoms with E-state index >= 15 is 0 Å². The average molecular weight is 454 g/mol. The standard InChI is InChI=1S/C26H31NO6/c1-26(2)19-12-17-14-27(13-16-6-3-4-9-21(16)31-15-23(29)30)11-10-22(17)32-24(19)18-7-5-8-20(28)25(18)33-26/h3-9,17,19,22,24,28H,10-15H2,1-2H3,(H,29,30)/t17-,19+,22+,24-/m1/s1. The van der Waals surface area contributed by atoms with Crippen LogP contribution in [0.1, 0.15) is 43.9 Å². The lowest BCUT2D eigenvalue weighted by atomic mass is 9.70. The van der Waals surface area contributed by atoms with E-state index in [9.17, 15) is 9.90 Å². The van der Waals surface area contributed by atoms with Gasteiger partial charge in [0.05, 0.1) is 12.2 Å². The molecule has 2 fully saturated rings. The third kappa shape index (κ3) is 4.27. The van der Waals surface area contributed by atoms with E-state index in [1.54, 1.807) is 6.07 Å². The Morgan fingerprint density at radius 2 is 2.03 bits per heavy atom. The molecule has 0 saturated carbocycles. The van der Waals surface area contributed by atoms with Gasteiger partial charge in [-0.15, -0.1) is 0 Å². The largest absolute Gasteiger partial charge is 0.504 e. The molecule has 2 N–H and O–H groups in total. The van der Waals surface area contributed by atoms with E-state index in [1.165, 1.54) is 0 Å². The molecule has 0 bridgehead atoms. The van der Waals surface area contributed by atoms with Crippen molar-refractivity contribution in [3.05, 3.63) is 53.6 Å². The molecule has 3 aliphatic rings. The van der Waals surface area contributed by atoms with Crippen LogP contribution in [0.4, 0.5) is 0 Å². The summed E-state index contributed by atoms with van der Waals surface area (Å²) < 4.78 is 18.5. The molecule has 2 aromatic carbocycles. The van der Waals surface area contributed by atoms with Gasteiger partial charge in [-0.25, -0.2) is 4.79 Å². The Balaban J connectivity index is 1.31. The summed E-state index contributed by atoms with van der Waals surface area (Å²) in [7, 11) is 0. The molecule has 0 aromatic heterocycles. The van der Waals surface area contributed by atoms with E-state index in [0.717, 1.165) is 37.1 Å². The number of hydrogen-bond acceptors (Lipinski definition) is 6. The number of aliphatic carboxylic acids is 1. The van der Waals surface area contributed by atoms with Crippen LogP contribution in [0.25, 0.3) is 0 Å². The molecule has 0 radical (unpaired) electrons. The van der Waals surface area contributed by atoms with Crippen LogP contribution in [0, 0.1) is 11.8 Å². The zero-order valence-corrected chi connectivity index (χ0v) is 19.1. The maximum Gasteiger partial charge on any atom is 0.341 e. The predicted octanol–water partition coefficient (Wildman–Crippen LogP) is 3.99. The van der Waals surface area contributed by atoms with Crippen LogP contribution in [0.2, 0.25) is 0 Å². The van der Waals surface area contributed by atoms with Crippen molar-refractivity contribution < 1.29 is 29.2 Å². The second kappa shape index (κ2) is 8.54. The fraction of sp³-hybridized carbons (Fsp3) is 0.500. The van der Waals surface area contributed by atoms with Crippen molar-refractivity contribution in [1.29, 1.82) is 0 Å². The third-order valence-corrected chi connectivity index (χ3v) is 7.30. The highest BCUT2D eigenvalue weighted by atomic mass is 16.5. The van der Waals surface area contributed by atoms with Crippen molar-refractivity contribution in [2.24, 2.45) is 11.8 Å². The van der Waals surface area contributed by atoms with Crippen molar-refractivity contribution in [1.82, 2.24) is 4.90 Å². The molecule has 0 spiro atoms. The van der Waals surface area contributed by atoms with Gasteiger partial charge < -0.3 is 24.4 Å². The number of aromatic hydroxyl groups is 1. The van der Waals surface area contributed by atoms with Crippen molar-refractivity contribution in [3.63, 3.8) is 0 Å². The first-order valence-corrected chi connectivity index (χ1v) is 11.6. The van der Waals surface area contributed by atoms with Crippen LogP contribution >= 0.6 is 0 Å². The molecule has 3 aliphatic heterocycles. The van der Waals surface area contributed by atoms with E-state index in [0.29, 0.717) is 24.0 Å². The Morgan fingerprint density at radius 3 is 2.85 bits per heavy atom. The van der Waals surface area contributed by atoms with Crippen LogP contribution in [0.3, 0.4) is 0 Å². The minimum Gasteiger partial charge on any atom is -0.504 e. The Hall–Kier alpha value is -2.77. The summed E-state index contributed by atoms with van der Waals surface area (Å²) in [5, 5.41) is 19.3. The van der Waals surface area contributed by atoms with Crippen LogP contribution in [-0.4, -0.2) is 52.5 Å². The number of carbonyl (C=O) groups is 1. The van der Waals surface area contributed by atoms with Gasteiger partial charge in [-0.2, -0.15) is 0 Å². The molecule has 33 heavy (non-hydrogen) atoms. The number of hydrogen-bond donors (Lipinski definition) is 2. The highest BCUT2D eigenvalue weighted by Gasteiger charge is 2.51. The number of nitrogens with zero attached hydrogens (tertiary/aromatic N) is 1. The summed E-state index contributed by atoms with van der Waals surface area (Å²) in [6, 6.07) is 13.2. The van der Waals surface area contributed by atoms with Crippen LogP contribution in [-0.2, 0) is 16.1 Å². The van der Waals surface area contributed by atoms with Crippen molar-refractivity contribution in [3.8, 4) is 17.2 Å². The quantitative estimate of drug-likeness (QED) is 0.708. The van der Waals surface area contributed by atoms with Gasteiger partial charge >= 0.3 is 5.97 Å². The fourth-order valence-corrected chi connectivity index (χ4v) is 5.68. The Morgan fingerprint density at radius 1 is 1.21 bits per heavy atom. The summed E-state index contributed by atoms with van der Waals surface area (Å²) in [5.74, 6) is 0.945. The van der Waals surface area contributed by atoms with Gasteiger partial charge in [-0.05, 0) is 44.7 Å². The summed E-state index contributed by atoms with van der Waals surface area (Å²) in [4.78, 5) is 13.3.